The van der Waals surface area contributed by atoms with E-state index in [2.05, 4.69) is 6.92 Å². The van der Waals surface area contributed by atoms with E-state index in [0.717, 1.165) is 25.9 Å². The minimum Gasteiger partial charge on any atom is -0.300 e. The van der Waals surface area contributed by atoms with Gasteiger partial charge in [0.05, 0.1) is 5.60 Å². The molecule has 1 atom stereocenters. The van der Waals surface area contributed by atoms with Crippen LogP contribution >= 0.6 is 7.68 Å². The Labute approximate surface area is 74.1 Å². The van der Waals surface area contributed by atoms with Crippen LogP contribution in [0, 0.1) is 0 Å². The maximum absolute atomic E-state index is 12.6. The highest BCUT2D eigenvalue weighted by atomic mass is 31.2. The molecule has 0 saturated heterocycles. The molecule has 0 aliphatic heterocycles. The molecule has 74 valence electrons. The molecule has 0 heterocycles. The van der Waals surface area contributed by atoms with E-state index in [1.54, 1.807) is 13.8 Å². The second-order valence-corrected chi connectivity index (χ2v) is 5.38. The molecule has 0 bridgehead atoms. The van der Waals surface area contributed by atoms with Gasteiger partial charge in [0.25, 0.3) is 0 Å². The molecule has 0 spiro atoms. The summed E-state index contributed by atoms with van der Waals surface area (Å²) in [6, 6.07) is 0. The van der Waals surface area contributed by atoms with Crippen molar-refractivity contribution in [3.05, 3.63) is 0 Å². The summed E-state index contributed by atoms with van der Waals surface area (Å²) in [5, 5.41) is 0. The summed E-state index contributed by atoms with van der Waals surface area (Å²) < 4.78 is 28.2. The van der Waals surface area contributed by atoms with Gasteiger partial charge in [-0.25, -0.2) is 0 Å². The highest BCUT2D eigenvalue weighted by molar-refractivity contribution is 7.52. The third kappa shape index (κ3) is 6.81. The second kappa shape index (κ2) is 4.38. The van der Waals surface area contributed by atoms with E-state index in [1.807, 2.05) is 0 Å². The third-order valence-electron chi connectivity index (χ3n) is 1.54. The Morgan fingerprint density at radius 3 is 2.33 bits per heavy atom. The van der Waals surface area contributed by atoms with Gasteiger partial charge in [-0.3, -0.25) is 9.09 Å². The first-order valence-corrected chi connectivity index (χ1v) is 6.21. The minimum absolute atomic E-state index is 0.602. The Bertz CT molecular complexity index is 174. The van der Waals surface area contributed by atoms with Crippen LogP contribution in [-0.2, 0) is 9.09 Å². The van der Waals surface area contributed by atoms with Gasteiger partial charge in [-0.1, -0.05) is 19.8 Å². The number of unbranched alkanes of at least 4 members (excludes halogenated alkanes) is 1. The highest BCUT2D eigenvalue weighted by Crippen LogP contribution is 2.48. The molecule has 0 radical (unpaired) electrons. The van der Waals surface area contributed by atoms with Crippen LogP contribution in [0.15, 0.2) is 0 Å². The molecule has 4 heteroatoms. The quantitative estimate of drug-likeness (QED) is 0.625. The second-order valence-electron chi connectivity index (χ2n) is 3.70. The summed E-state index contributed by atoms with van der Waals surface area (Å²) in [5.74, 6) is 0. The number of rotatable bonds is 5. The number of halogens is 1. The average Bonchev–Trinajstić information content (AvgIpc) is 1.78. The average molecular weight is 196 g/mol. The molecule has 0 aromatic heterocycles. The van der Waals surface area contributed by atoms with Crippen molar-refractivity contribution in [3.8, 4) is 0 Å². The summed E-state index contributed by atoms with van der Waals surface area (Å²) in [4.78, 5) is 0. The van der Waals surface area contributed by atoms with Crippen LogP contribution < -0.4 is 0 Å². The SMILES string of the molecule is CCCCC(C)(C)OP(C)(=O)F. The Morgan fingerprint density at radius 1 is 1.50 bits per heavy atom. The number of hydrogen-bond acceptors (Lipinski definition) is 2. The summed E-state index contributed by atoms with van der Waals surface area (Å²) in [6.45, 7) is 6.58. The molecule has 0 aliphatic carbocycles. The first kappa shape index (κ1) is 12.1. The molecule has 0 aromatic carbocycles. The largest absolute Gasteiger partial charge is 0.365 e. The van der Waals surface area contributed by atoms with Gasteiger partial charge in [0.15, 0.2) is 0 Å². The maximum atomic E-state index is 12.6. The van der Waals surface area contributed by atoms with Crippen molar-refractivity contribution in [2.24, 2.45) is 0 Å². The molecule has 0 aromatic rings. The highest BCUT2D eigenvalue weighted by Gasteiger charge is 2.27. The van der Waals surface area contributed by atoms with E-state index >= 15 is 0 Å². The fraction of sp³-hybridized carbons (Fsp3) is 1.00. The lowest BCUT2D eigenvalue weighted by atomic mass is 10.0. The van der Waals surface area contributed by atoms with Crippen molar-refractivity contribution in [1.82, 2.24) is 0 Å². The lowest BCUT2D eigenvalue weighted by molar-refractivity contribution is 0.0917. The fourth-order valence-corrected chi connectivity index (χ4v) is 2.06. The zero-order valence-corrected chi connectivity index (χ0v) is 9.16. The standard InChI is InChI=1S/C8H18FO2P/c1-5-6-7-8(2,3)11-12(4,9)10/h5-7H2,1-4H3. The third-order valence-corrected chi connectivity index (χ3v) is 2.36. The van der Waals surface area contributed by atoms with E-state index in [0.29, 0.717) is 0 Å². The van der Waals surface area contributed by atoms with Crippen LogP contribution in [0.5, 0.6) is 0 Å². The van der Waals surface area contributed by atoms with Crippen molar-refractivity contribution in [3.63, 3.8) is 0 Å². The molecular weight excluding hydrogens is 178 g/mol. The van der Waals surface area contributed by atoms with E-state index in [1.165, 1.54) is 0 Å². The van der Waals surface area contributed by atoms with Crippen molar-refractivity contribution < 1.29 is 13.3 Å². The van der Waals surface area contributed by atoms with Crippen molar-refractivity contribution >= 4 is 7.68 Å². The molecule has 0 aliphatic rings. The molecule has 1 unspecified atom stereocenters. The Kier molecular flexibility index (Phi) is 4.43. The van der Waals surface area contributed by atoms with Gasteiger partial charge in [-0.2, -0.15) is 4.20 Å². The summed E-state index contributed by atoms with van der Waals surface area (Å²) in [6.07, 6.45) is 2.74. The molecule has 0 N–H and O–H groups in total. The van der Waals surface area contributed by atoms with E-state index < -0.39 is 13.3 Å². The lowest BCUT2D eigenvalue weighted by Crippen LogP contribution is -2.21. The fourth-order valence-electron chi connectivity index (χ4n) is 1.09. The first-order chi connectivity index (χ1) is 5.27. The maximum Gasteiger partial charge on any atom is 0.365 e. The Morgan fingerprint density at radius 2 is 2.00 bits per heavy atom. The zero-order chi connectivity index (χ0) is 9.83. The normalized spacial score (nSPS) is 17.4. The topological polar surface area (TPSA) is 26.3 Å². The summed E-state index contributed by atoms with van der Waals surface area (Å²) >= 11 is 0. The van der Waals surface area contributed by atoms with Crippen molar-refractivity contribution in [2.45, 2.75) is 45.6 Å². The zero-order valence-electron chi connectivity index (χ0n) is 8.26. The van der Waals surface area contributed by atoms with Crippen LogP contribution in [0.4, 0.5) is 4.20 Å². The molecule has 0 rings (SSSR count). The molecule has 0 saturated carbocycles. The molecule has 0 fully saturated rings. The van der Waals surface area contributed by atoms with Crippen LogP contribution in [0.25, 0.3) is 0 Å². The predicted molar refractivity (Wildman–Crippen MR) is 49.3 cm³/mol. The molecule has 2 nitrogen and oxygen atoms in total. The van der Waals surface area contributed by atoms with Gasteiger partial charge >= 0.3 is 7.68 Å². The van der Waals surface area contributed by atoms with Crippen molar-refractivity contribution in [1.29, 1.82) is 0 Å². The monoisotopic (exact) mass is 196 g/mol. The van der Waals surface area contributed by atoms with Crippen LogP contribution in [-0.4, -0.2) is 12.3 Å². The lowest BCUT2D eigenvalue weighted by Gasteiger charge is -2.25. The van der Waals surface area contributed by atoms with Gasteiger partial charge in [0.2, 0.25) is 0 Å². The molecular formula is C8H18FO2P. The van der Waals surface area contributed by atoms with Crippen LogP contribution in [0.1, 0.15) is 40.0 Å². The van der Waals surface area contributed by atoms with Crippen molar-refractivity contribution in [2.75, 3.05) is 6.66 Å². The van der Waals surface area contributed by atoms with Gasteiger partial charge in [0.1, 0.15) is 0 Å². The van der Waals surface area contributed by atoms with Gasteiger partial charge < -0.3 is 0 Å². The van der Waals surface area contributed by atoms with Gasteiger partial charge in [0, 0.05) is 6.66 Å². The smallest absolute Gasteiger partial charge is 0.300 e. The van der Waals surface area contributed by atoms with E-state index in [9.17, 15) is 8.76 Å². The number of hydrogen-bond donors (Lipinski definition) is 0. The Balaban J connectivity index is 3.95. The Hall–Kier alpha value is 0.120. The van der Waals surface area contributed by atoms with E-state index in [-0.39, 0.29) is 0 Å². The first-order valence-electron chi connectivity index (χ1n) is 4.25. The molecule has 0 amide bonds. The van der Waals surface area contributed by atoms with Crippen LogP contribution in [0.3, 0.4) is 0 Å². The summed E-state index contributed by atoms with van der Waals surface area (Å²) in [7, 11) is -3.83. The van der Waals surface area contributed by atoms with Gasteiger partial charge in [-0.15, -0.1) is 0 Å². The van der Waals surface area contributed by atoms with Crippen LogP contribution in [0.2, 0.25) is 0 Å². The molecule has 12 heavy (non-hydrogen) atoms. The van der Waals surface area contributed by atoms with Gasteiger partial charge in [-0.05, 0) is 20.3 Å². The van der Waals surface area contributed by atoms with E-state index in [4.69, 9.17) is 4.52 Å². The minimum atomic E-state index is -3.83. The summed E-state index contributed by atoms with van der Waals surface area (Å²) in [5.41, 5.74) is -0.602. The predicted octanol–water partition coefficient (Wildman–Crippen LogP) is 3.76.